The van der Waals surface area contributed by atoms with Crippen LogP contribution in [0, 0.1) is 0 Å². The van der Waals surface area contributed by atoms with Crippen LogP contribution in [0.25, 0.3) is 11.5 Å². The molecule has 2 N–H and O–H groups in total. The minimum atomic E-state index is -0.955. The van der Waals surface area contributed by atoms with Gasteiger partial charge in [0.1, 0.15) is 17.8 Å². The molecule has 10 nitrogen and oxygen atoms in total. The maximum Gasteiger partial charge on any atom is 0.513 e. The lowest BCUT2D eigenvalue weighted by Gasteiger charge is -2.15. The molecule has 1 unspecified atom stereocenters. The van der Waals surface area contributed by atoms with Gasteiger partial charge in [0.25, 0.3) is 0 Å². The normalized spacial score (nSPS) is 11.5. The van der Waals surface area contributed by atoms with Crippen molar-refractivity contribution in [1.82, 2.24) is 19.7 Å². The van der Waals surface area contributed by atoms with Crippen molar-refractivity contribution >= 4 is 12.2 Å². The Kier molecular flexibility index (Phi) is 6.36. The number of nitrogens with two attached hydrogens (primary N) is 1. The lowest BCUT2D eigenvalue weighted by molar-refractivity contribution is 0.0946. The number of carbonyl (C=O) groups is 2. The number of nitrogens with zero attached hydrogens (tertiary/aromatic N) is 4. The highest BCUT2D eigenvalue weighted by molar-refractivity contribution is 5.67. The summed E-state index contributed by atoms with van der Waals surface area (Å²) in [4.78, 5) is 26.9. The summed E-state index contributed by atoms with van der Waals surface area (Å²) in [6.45, 7) is 2.06. The van der Waals surface area contributed by atoms with Crippen LogP contribution >= 0.6 is 0 Å². The number of aromatic nitrogens is 4. The summed E-state index contributed by atoms with van der Waals surface area (Å²) in [6.07, 6.45) is 0.312. The second-order valence-corrected chi connectivity index (χ2v) is 6.00. The lowest BCUT2D eigenvalue weighted by atomic mass is 10.2. The maximum absolute atomic E-state index is 11.8. The van der Waals surface area contributed by atoms with Crippen molar-refractivity contribution in [3.63, 3.8) is 0 Å². The molecule has 2 heterocycles. The van der Waals surface area contributed by atoms with Crippen LogP contribution in [0.1, 0.15) is 19.4 Å². The van der Waals surface area contributed by atoms with Gasteiger partial charge in [-0.1, -0.05) is 24.3 Å². The zero-order chi connectivity index (χ0) is 20.6. The highest BCUT2D eigenvalue weighted by Gasteiger charge is 2.16. The molecule has 3 aromatic rings. The fourth-order valence-electron chi connectivity index (χ4n) is 2.51. The van der Waals surface area contributed by atoms with Crippen LogP contribution in [0.4, 0.5) is 9.59 Å². The van der Waals surface area contributed by atoms with Crippen molar-refractivity contribution < 1.29 is 23.8 Å². The van der Waals surface area contributed by atoms with Crippen LogP contribution in [0.5, 0.6) is 11.6 Å². The standard InChI is InChI=1S/C19H19N5O5/c1-13(10-11-27-19(26)28-14-6-3-2-4-7-14)24-12-21-23-17(24)15-8-5-9-16(22-15)29-18(20)25/h2-9,12-13H,10-11H2,1H3,(H2,20,25). The summed E-state index contributed by atoms with van der Waals surface area (Å²) >= 11 is 0. The number of amides is 1. The van der Waals surface area contributed by atoms with Crippen LogP contribution < -0.4 is 15.2 Å². The third kappa shape index (κ3) is 5.51. The summed E-state index contributed by atoms with van der Waals surface area (Å²) in [5.41, 5.74) is 5.47. The predicted octanol–water partition coefficient (Wildman–Crippen LogP) is 2.96. The summed E-state index contributed by atoms with van der Waals surface area (Å²) in [5.74, 6) is 0.944. The van der Waals surface area contributed by atoms with Gasteiger partial charge in [-0.3, -0.25) is 0 Å². The lowest BCUT2D eigenvalue weighted by Crippen LogP contribution is -2.17. The third-order valence-electron chi connectivity index (χ3n) is 3.91. The molecule has 0 fully saturated rings. The fourth-order valence-corrected chi connectivity index (χ4v) is 2.51. The predicted molar refractivity (Wildman–Crippen MR) is 101 cm³/mol. The topological polar surface area (TPSA) is 131 Å². The Hall–Kier alpha value is -3.95. The SMILES string of the molecule is CC(CCOC(=O)Oc1ccccc1)n1cnnc1-c1cccc(OC(N)=O)n1. The van der Waals surface area contributed by atoms with Gasteiger partial charge in [-0.2, -0.15) is 0 Å². The zero-order valence-electron chi connectivity index (χ0n) is 15.6. The molecule has 10 heteroatoms. The average Bonchev–Trinajstić information content (AvgIpc) is 3.18. The van der Waals surface area contributed by atoms with Gasteiger partial charge in [0.2, 0.25) is 5.88 Å². The first-order valence-electron chi connectivity index (χ1n) is 8.77. The Labute approximate surface area is 166 Å². The second kappa shape index (κ2) is 9.31. The number of para-hydroxylation sites is 1. The molecule has 29 heavy (non-hydrogen) atoms. The molecule has 0 saturated carbocycles. The number of benzene rings is 1. The number of ether oxygens (including phenoxy) is 3. The molecular formula is C19H19N5O5. The quantitative estimate of drug-likeness (QED) is 0.475. The first kappa shape index (κ1) is 19.8. The van der Waals surface area contributed by atoms with E-state index in [1.54, 1.807) is 47.3 Å². The van der Waals surface area contributed by atoms with E-state index in [1.165, 1.54) is 6.07 Å². The van der Waals surface area contributed by atoms with Crippen molar-refractivity contribution in [2.75, 3.05) is 6.61 Å². The van der Waals surface area contributed by atoms with Crippen molar-refractivity contribution in [2.45, 2.75) is 19.4 Å². The minimum absolute atomic E-state index is 0.0594. The number of pyridine rings is 1. The van der Waals surface area contributed by atoms with Gasteiger partial charge >= 0.3 is 12.2 Å². The molecule has 0 aliphatic carbocycles. The van der Waals surface area contributed by atoms with Crippen molar-refractivity contribution in [2.24, 2.45) is 5.73 Å². The number of primary amides is 1. The van der Waals surface area contributed by atoms with Crippen LogP contribution in [0.2, 0.25) is 0 Å². The van der Waals surface area contributed by atoms with Gasteiger partial charge in [0.05, 0.1) is 6.61 Å². The smallest absolute Gasteiger partial charge is 0.434 e. The van der Waals surface area contributed by atoms with E-state index in [0.717, 1.165) is 0 Å². The van der Waals surface area contributed by atoms with E-state index in [2.05, 4.69) is 15.2 Å². The van der Waals surface area contributed by atoms with Crippen molar-refractivity contribution in [3.05, 3.63) is 54.9 Å². The van der Waals surface area contributed by atoms with Crippen LogP contribution in [0.15, 0.2) is 54.9 Å². The highest BCUT2D eigenvalue weighted by atomic mass is 16.7. The van der Waals surface area contributed by atoms with E-state index in [9.17, 15) is 9.59 Å². The molecule has 0 aliphatic heterocycles. The molecule has 0 saturated heterocycles. The Morgan fingerprint density at radius 1 is 1.10 bits per heavy atom. The van der Waals surface area contributed by atoms with Gasteiger partial charge < -0.3 is 24.5 Å². The molecule has 0 aliphatic rings. The Morgan fingerprint density at radius 2 is 1.90 bits per heavy atom. The van der Waals surface area contributed by atoms with E-state index in [0.29, 0.717) is 23.7 Å². The maximum atomic E-state index is 11.8. The molecule has 1 aromatic carbocycles. The summed E-state index contributed by atoms with van der Waals surface area (Å²) in [7, 11) is 0. The van der Waals surface area contributed by atoms with E-state index >= 15 is 0 Å². The highest BCUT2D eigenvalue weighted by Crippen LogP contribution is 2.22. The average molecular weight is 397 g/mol. The molecule has 3 rings (SSSR count). The molecule has 1 atom stereocenters. The number of rotatable bonds is 7. The fraction of sp³-hybridized carbons (Fsp3) is 0.211. The zero-order valence-corrected chi connectivity index (χ0v) is 15.6. The number of hydrogen-bond donors (Lipinski definition) is 1. The van der Waals surface area contributed by atoms with Gasteiger partial charge in [0.15, 0.2) is 5.82 Å². The van der Waals surface area contributed by atoms with Gasteiger partial charge in [-0.25, -0.2) is 14.6 Å². The van der Waals surface area contributed by atoms with E-state index in [4.69, 9.17) is 19.9 Å². The van der Waals surface area contributed by atoms with Gasteiger partial charge in [-0.15, -0.1) is 10.2 Å². The van der Waals surface area contributed by atoms with Crippen LogP contribution in [-0.2, 0) is 4.74 Å². The largest absolute Gasteiger partial charge is 0.513 e. The van der Waals surface area contributed by atoms with Gasteiger partial charge in [-0.05, 0) is 25.1 Å². The molecule has 0 bridgehead atoms. The molecule has 2 aromatic heterocycles. The third-order valence-corrected chi connectivity index (χ3v) is 3.91. The molecule has 0 spiro atoms. The van der Waals surface area contributed by atoms with Crippen LogP contribution in [-0.4, -0.2) is 38.6 Å². The Bertz CT molecular complexity index is 976. The van der Waals surface area contributed by atoms with E-state index < -0.39 is 12.2 Å². The first-order valence-corrected chi connectivity index (χ1v) is 8.77. The Morgan fingerprint density at radius 3 is 2.66 bits per heavy atom. The molecular weight excluding hydrogens is 378 g/mol. The van der Waals surface area contributed by atoms with E-state index in [1.807, 2.05) is 13.0 Å². The van der Waals surface area contributed by atoms with E-state index in [-0.39, 0.29) is 18.5 Å². The Balaban J connectivity index is 1.58. The molecule has 150 valence electrons. The van der Waals surface area contributed by atoms with Gasteiger partial charge in [0, 0.05) is 18.5 Å². The monoisotopic (exact) mass is 397 g/mol. The summed E-state index contributed by atoms with van der Waals surface area (Å²) < 4.78 is 16.8. The summed E-state index contributed by atoms with van der Waals surface area (Å²) in [5, 5.41) is 7.99. The van der Waals surface area contributed by atoms with Crippen molar-refractivity contribution in [1.29, 1.82) is 0 Å². The molecule has 1 amide bonds. The molecule has 0 radical (unpaired) electrons. The summed E-state index contributed by atoms with van der Waals surface area (Å²) in [6, 6.07) is 13.4. The first-order chi connectivity index (χ1) is 14.0. The van der Waals surface area contributed by atoms with Crippen LogP contribution in [0.3, 0.4) is 0 Å². The second-order valence-electron chi connectivity index (χ2n) is 6.00. The minimum Gasteiger partial charge on any atom is -0.434 e. The van der Waals surface area contributed by atoms with Crippen molar-refractivity contribution in [3.8, 4) is 23.1 Å². The number of hydrogen-bond acceptors (Lipinski definition) is 8. The number of carbonyl (C=O) groups excluding carboxylic acids is 2.